The Morgan fingerprint density at radius 2 is 1.81 bits per heavy atom. The van der Waals surface area contributed by atoms with E-state index in [2.05, 4.69) is 44.9 Å². The highest BCUT2D eigenvalue weighted by molar-refractivity contribution is 7.22. The number of benzene rings is 2. The molecule has 2 aromatic carbocycles. The van der Waals surface area contributed by atoms with E-state index >= 15 is 0 Å². The topological polar surface area (TPSA) is 94.4 Å². The summed E-state index contributed by atoms with van der Waals surface area (Å²) in [5, 5.41) is 14.0. The summed E-state index contributed by atoms with van der Waals surface area (Å²) in [5.74, 6) is 0.274. The number of nitrogens with zero attached hydrogens (tertiary/aromatic N) is 2. The highest BCUT2D eigenvalue weighted by atomic mass is 32.1. The number of amides is 1. The molecule has 0 aliphatic heterocycles. The van der Waals surface area contributed by atoms with Crippen molar-refractivity contribution in [2.75, 3.05) is 11.9 Å². The van der Waals surface area contributed by atoms with Crippen LogP contribution in [-0.2, 0) is 10.2 Å². The van der Waals surface area contributed by atoms with Gasteiger partial charge in [0.1, 0.15) is 5.75 Å². The number of non-ortho nitro benzene ring substituents is 1. The molecule has 0 saturated heterocycles. The first-order valence-corrected chi connectivity index (χ1v) is 10.8. The van der Waals surface area contributed by atoms with Crippen molar-refractivity contribution in [3.63, 3.8) is 0 Å². The van der Waals surface area contributed by atoms with E-state index in [0.29, 0.717) is 21.1 Å². The van der Waals surface area contributed by atoms with Crippen molar-refractivity contribution >= 4 is 38.3 Å². The average molecular weight is 442 g/mol. The maximum absolute atomic E-state index is 12.2. The zero-order chi connectivity index (χ0) is 22.8. The van der Waals surface area contributed by atoms with E-state index in [4.69, 9.17) is 4.74 Å². The van der Waals surface area contributed by atoms with Crippen molar-refractivity contribution in [2.24, 2.45) is 5.41 Å². The maximum Gasteiger partial charge on any atom is 0.270 e. The molecule has 0 aliphatic carbocycles. The minimum Gasteiger partial charge on any atom is -0.484 e. The average Bonchev–Trinajstić information content (AvgIpc) is 3.06. The van der Waals surface area contributed by atoms with Crippen LogP contribution in [0, 0.1) is 15.5 Å². The Balaban J connectivity index is 1.58. The molecule has 8 heteroatoms. The summed E-state index contributed by atoms with van der Waals surface area (Å²) in [5.41, 5.74) is 2.08. The molecule has 0 aliphatic rings. The molecule has 164 valence electrons. The predicted octanol–water partition coefficient (Wildman–Crippen LogP) is 5.94. The minimum absolute atomic E-state index is 0.00788. The Morgan fingerprint density at radius 1 is 1.13 bits per heavy atom. The largest absolute Gasteiger partial charge is 0.484 e. The van der Waals surface area contributed by atoms with Crippen LogP contribution < -0.4 is 10.1 Å². The molecule has 7 nitrogen and oxygen atoms in total. The van der Waals surface area contributed by atoms with Crippen molar-refractivity contribution < 1.29 is 14.5 Å². The van der Waals surface area contributed by atoms with E-state index in [0.717, 1.165) is 6.42 Å². The van der Waals surface area contributed by atoms with Gasteiger partial charge in [0.25, 0.3) is 11.6 Å². The van der Waals surface area contributed by atoms with Gasteiger partial charge >= 0.3 is 0 Å². The molecule has 0 bridgehead atoms. The summed E-state index contributed by atoms with van der Waals surface area (Å²) in [7, 11) is 0. The van der Waals surface area contributed by atoms with Crippen LogP contribution in [-0.4, -0.2) is 22.4 Å². The predicted molar refractivity (Wildman–Crippen MR) is 124 cm³/mol. The summed E-state index contributed by atoms with van der Waals surface area (Å²) in [6, 6.07) is 12.2. The van der Waals surface area contributed by atoms with Gasteiger partial charge in [0.2, 0.25) is 0 Å². The second kappa shape index (κ2) is 8.63. The lowest BCUT2D eigenvalue weighted by Gasteiger charge is -2.33. The van der Waals surface area contributed by atoms with Gasteiger partial charge in [-0.25, -0.2) is 4.98 Å². The number of carbonyl (C=O) groups excluding carboxylic acids is 1. The molecular weight excluding hydrogens is 414 g/mol. The normalized spacial score (nSPS) is 12.0. The summed E-state index contributed by atoms with van der Waals surface area (Å²) >= 11 is 1.18. The molecule has 0 atom stereocenters. The van der Waals surface area contributed by atoms with Crippen molar-refractivity contribution in [1.82, 2.24) is 4.98 Å². The van der Waals surface area contributed by atoms with E-state index in [-0.39, 0.29) is 29.0 Å². The van der Waals surface area contributed by atoms with Crippen LogP contribution in [0.15, 0.2) is 42.5 Å². The number of carbonyl (C=O) groups is 1. The first-order valence-electron chi connectivity index (χ1n) is 10.0. The number of anilines is 1. The summed E-state index contributed by atoms with van der Waals surface area (Å²) < 4.78 is 6.25. The fourth-order valence-corrected chi connectivity index (χ4v) is 4.73. The molecule has 1 aromatic heterocycles. The van der Waals surface area contributed by atoms with Crippen LogP contribution in [0.1, 0.15) is 46.6 Å². The molecule has 0 saturated carbocycles. The third kappa shape index (κ3) is 6.01. The van der Waals surface area contributed by atoms with Gasteiger partial charge in [0, 0.05) is 12.1 Å². The van der Waals surface area contributed by atoms with E-state index < -0.39 is 4.92 Å². The number of nitro groups is 1. The van der Waals surface area contributed by atoms with Gasteiger partial charge < -0.3 is 4.74 Å². The lowest BCUT2D eigenvalue weighted by molar-refractivity contribution is -0.384. The van der Waals surface area contributed by atoms with E-state index in [1.807, 2.05) is 24.3 Å². The number of nitrogens with one attached hydrogen (secondary N) is 1. The molecule has 0 fully saturated rings. The molecule has 0 spiro atoms. The number of hydrogen-bond donors (Lipinski definition) is 1. The van der Waals surface area contributed by atoms with E-state index in [9.17, 15) is 14.9 Å². The van der Waals surface area contributed by atoms with Crippen LogP contribution in [0.3, 0.4) is 0 Å². The number of thiazole rings is 1. The molecule has 3 rings (SSSR count). The Morgan fingerprint density at radius 3 is 2.42 bits per heavy atom. The first kappa shape index (κ1) is 22.7. The summed E-state index contributed by atoms with van der Waals surface area (Å²) in [4.78, 5) is 27.0. The van der Waals surface area contributed by atoms with Crippen LogP contribution in [0.25, 0.3) is 10.2 Å². The fourth-order valence-electron chi connectivity index (χ4n) is 3.81. The molecule has 31 heavy (non-hydrogen) atoms. The van der Waals surface area contributed by atoms with E-state index in [1.165, 1.54) is 29.0 Å². The molecule has 1 amide bonds. The number of aromatic nitrogens is 1. The lowest BCUT2D eigenvalue weighted by Crippen LogP contribution is -2.24. The number of ether oxygens (including phenoxy) is 1. The zero-order valence-corrected chi connectivity index (χ0v) is 19.2. The molecule has 1 N–H and O–H groups in total. The maximum atomic E-state index is 12.2. The Labute approximate surface area is 185 Å². The monoisotopic (exact) mass is 441 g/mol. The second-order valence-corrected chi connectivity index (χ2v) is 10.4. The fraction of sp³-hybridized carbons (Fsp3) is 0.391. The lowest BCUT2D eigenvalue weighted by atomic mass is 9.72. The third-order valence-electron chi connectivity index (χ3n) is 4.81. The van der Waals surface area contributed by atoms with Gasteiger partial charge in [-0.3, -0.25) is 20.2 Å². The third-order valence-corrected chi connectivity index (χ3v) is 5.74. The van der Waals surface area contributed by atoms with Crippen LogP contribution in [0.4, 0.5) is 10.8 Å². The molecule has 0 radical (unpaired) electrons. The highest BCUT2D eigenvalue weighted by Crippen LogP contribution is 2.36. The molecule has 1 heterocycles. The molecule has 0 unspecified atom stereocenters. The number of nitro benzene ring substituents is 1. The van der Waals surface area contributed by atoms with Gasteiger partial charge in [0.15, 0.2) is 11.7 Å². The molecule has 3 aromatic rings. The Hall–Kier alpha value is -3.00. The van der Waals surface area contributed by atoms with Crippen molar-refractivity contribution in [1.29, 1.82) is 0 Å². The number of fused-ring (bicyclic) bond motifs is 1. The first-order chi connectivity index (χ1) is 14.4. The SMILES string of the molecule is CC(C)(C)CC(C)(C)c1ccc(OCC(=O)Nc2nc3ccc([N+](=O)[O-])cc3s2)cc1. The van der Waals surface area contributed by atoms with Crippen molar-refractivity contribution in [3.8, 4) is 5.75 Å². The summed E-state index contributed by atoms with van der Waals surface area (Å²) in [6.07, 6.45) is 1.05. The molecular formula is C23H27N3O4S. The van der Waals surface area contributed by atoms with E-state index in [1.54, 1.807) is 6.07 Å². The van der Waals surface area contributed by atoms with Crippen LogP contribution in [0.5, 0.6) is 5.75 Å². The van der Waals surface area contributed by atoms with Crippen molar-refractivity contribution in [2.45, 2.75) is 46.5 Å². The van der Waals surface area contributed by atoms with Crippen LogP contribution >= 0.6 is 11.3 Å². The smallest absolute Gasteiger partial charge is 0.270 e. The van der Waals surface area contributed by atoms with Gasteiger partial charge in [-0.2, -0.15) is 0 Å². The van der Waals surface area contributed by atoms with Gasteiger partial charge in [-0.1, -0.05) is 58.1 Å². The van der Waals surface area contributed by atoms with Crippen molar-refractivity contribution in [3.05, 3.63) is 58.1 Å². The number of hydrogen-bond acceptors (Lipinski definition) is 6. The Kier molecular flexibility index (Phi) is 6.31. The van der Waals surface area contributed by atoms with Gasteiger partial charge in [-0.05, 0) is 41.0 Å². The van der Waals surface area contributed by atoms with Crippen LogP contribution in [0.2, 0.25) is 0 Å². The second-order valence-electron chi connectivity index (χ2n) is 9.41. The zero-order valence-electron chi connectivity index (χ0n) is 18.4. The van der Waals surface area contributed by atoms with Gasteiger partial charge in [-0.15, -0.1) is 0 Å². The van der Waals surface area contributed by atoms with Gasteiger partial charge in [0.05, 0.1) is 15.1 Å². The highest BCUT2D eigenvalue weighted by Gasteiger charge is 2.27. The quantitative estimate of drug-likeness (QED) is 0.362. The minimum atomic E-state index is -0.458. The standard InChI is InChI=1S/C23H27N3O4S/c1-22(2,3)14-23(4,5)15-6-9-17(10-7-15)30-13-20(27)25-21-24-18-11-8-16(26(28)29)12-19(18)31-21/h6-12H,13-14H2,1-5H3,(H,24,25,27). The number of rotatable bonds is 7. The summed E-state index contributed by atoms with van der Waals surface area (Å²) in [6.45, 7) is 11.0. The Bertz CT molecular complexity index is 1100.